The van der Waals surface area contributed by atoms with Crippen LogP contribution in [0.4, 0.5) is 0 Å². The number of carbonyl (C=O) groups is 1. The van der Waals surface area contributed by atoms with Crippen LogP contribution in [-0.2, 0) is 24.2 Å². The minimum Gasteiger partial charge on any atom is -0.349 e. The zero-order chi connectivity index (χ0) is 13.9. The van der Waals surface area contributed by atoms with Gasteiger partial charge in [0.25, 0.3) is 0 Å². The predicted molar refractivity (Wildman–Crippen MR) is 80.8 cm³/mol. The van der Waals surface area contributed by atoms with Crippen molar-refractivity contribution in [2.75, 3.05) is 0 Å². The predicted octanol–water partition coefficient (Wildman–Crippen LogP) is 3.05. The molecule has 3 nitrogen and oxygen atoms in total. The van der Waals surface area contributed by atoms with Crippen molar-refractivity contribution in [1.29, 1.82) is 0 Å². The van der Waals surface area contributed by atoms with E-state index in [0.717, 1.165) is 30.0 Å². The highest BCUT2D eigenvalue weighted by atomic mass is 32.1. The molecule has 1 amide bonds. The van der Waals surface area contributed by atoms with E-state index in [2.05, 4.69) is 34.7 Å². The fourth-order valence-electron chi connectivity index (χ4n) is 2.71. The lowest BCUT2D eigenvalue weighted by Gasteiger charge is -2.11. The second-order valence-electron chi connectivity index (χ2n) is 5.09. The van der Waals surface area contributed by atoms with Gasteiger partial charge in [0.15, 0.2) is 0 Å². The molecule has 0 saturated heterocycles. The molecule has 0 aliphatic heterocycles. The van der Waals surface area contributed by atoms with Crippen LogP contribution >= 0.6 is 11.3 Å². The van der Waals surface area contributed by atoms with Crippen molar-refractivity contribution in [1.82, 2.24) is 10.3 Å². The van der Waals surface area contributed by atoms with Crippen LogP contribution < -0.4 is 5.32 Å². The Morgan fingerprint density at radius 2 is 2.30 bits per heavy atom. The summed E-state index contributed by atoms with van der Waals surface area (Å²) in [6, 6.07) is 8.25. The number of aryl methyl sites for hydroxylation is 2. The molecule has 0 unspecified atom stereocenters. The maximum absolute atomic E-state index is 12.3. The van der Waals surface area contributed by atoms with Gasteiger partial charge in [0.2, 0.25) is 5.91 Å². The normalized spacial score (nSPS) is 16.9. The monoisotopic (exact) mass is 286 g/mol. The first-order valence-corrected chi connectivity index (χ1v) is 7.94. The van der Waals surface area contributed by atoms with E-state index in [0.29, 0.717) is 6.54 Å². The van der Waals surface area contributed by atoms with Gasteiger partial charge in [0.1, 0.15) is 5.01 Å². The number of aromatic nitrogens is 1. The Balaban J connectivity index is 1.63. The maximum Gasteiger partial charge on any atom is 0.227 e. The van der Waals surface area contributed by atoms with Crippen LogP contribution in [0.1, 0.15) is 41.1 Å². The molecule has 1 aromatic heterocycles. The van der Waals surface area contributed by atoms with Gasteiger partial charge in [-0.2, -0.15) is 0 Å². The van der Waals surface area contributed by atoms with E-state index in [1.807, 2.05) is 12.1 Å². The Morgan fingerprint density at radius 3 is 3.10 bits per heavy atom. The molecule has 4 heteroatoms. The quantitative estimate of drug-likeness (QED) is 0.938. The Kier molecular flexibility index (Phi) is 3.83. The van der Waals surface area contributed by atoms with Crippen LogP contribution in [0.2, 0.25) is 0 Å². The van der Waals surface area contributed by atoms with Gasteiger partial charge in [-0.25, -0.2) is 4.98 Å². The van der Waals surface area contributed by atoms with Crippen molar-refractivity contribution >= 4 is 17.2 Å². The van der Waals surface area contributed by atoms with E-state index >= 15 is 0 Å². The van der Waals surface area contributed by atoms with E-state index in [4.69, 9.17) is 0 Å². The molecule has 0 spiro atoms. The van der Waals surface area contributed by atoms with E-state index in [-0.39, 0.29) is 11.8 Å². The SMILES string of the molecule is CCc1csc(CNC(=O)[C@H]2CCc3ccccc32)n1. The molecular weight excluding hydrogens is 268 g/mol. The lowest BCUT2D eigenvalue weighted by atomic mass is 10.0. The largest absolute Gasteiger partial charge is 0.349 e. The highest BCUT2D eigenvalue weighted by molar-refractivity contribution is 7.09. The Morgan fingerprint density at radius 1 is 1.45 bits per heavy atom. The third kappa shape index (κ3) is 2.61. The number of hydrogen-bond acceptors (Lipinski definition) is 3. The molecular formula is C16H18N2OS. The smallest absolute Gasteiger partial charge is 0.227 e. The van der Waals surface area contributed by atoms with Gasteiger partial charge in [0, 0.05) is 5.38 Å². The Hall–Kier alpha value is -1.68. The molecule has 0 fully saturated rings. The second-order valence-corrected chi connectivity index (χ2v) is 6.04. The highest BCUT2D eigenvalue weighted by Gasteiger charge is 2.27. The van der Waals surface area contributed by atoms with Crippen molar-refractivity contribution in [3.05, 3.63) is 51.5 Å². The van der Waals surface area contributed by atoms with Crippen LogP contribution in [0.3, 0.4) is 0 Å². The summed E-state index contributed by atoms with van der Waals surface area (Å²) in [6.45, 7) is 2.63. The summed E-state index contributed by atoms with van der Waals surface area (Å²) in [5.74, 6) is 0.139. The van der Waals surface area contributed by atoms with Crippen molar-refractivity contribution in [2.24, 2.45) is 0 Å². The van der Waals surface area contributed by atoms with Crippen molar-refractivity contribution < 1.29 is 4.79 Å². The fraction of sp³-hybridized carbons (Fsp3) is 0.375. The zero-order valence-corrected chi connectivity index (χ0v) is 12.4. The van der Waals surface area contributed by atoms with Gasteiger partial charge in [-0.3, -0.25) is 4.79 Å². The van der Waals surface area contributed by atoms with Crippen LogP contribution in [-0.4, -0.2) is 10.9 Å². The van der Waals surface area contributed by atoms with Crippen LogP contribution in [0.5, 0.6) is 0 Å². The van der Waals surface area contributed by atoms with Gasteiger partial charge in [-0.1, -0.05) is 31.2 Å². The Labute approximate surface area is 123 Å². The summed E-state index contributed by atoms with van der Waals surface area (Å²) in [5.41, 5.74) is 3.61. The number of nitrogens with zero attached hydrogens (tertiary/aromatic N) is 1. The number of fused-ring (bicyclic) bond motifs is 1. The molecule has 1 atom stereocenters. The van der Waals surface area contributed by atoms with Crippen molar-refractivity contribution in [3.8, 4) is 0 Å². The van der Waals surface area contributed by atoms with E-state index in [9.17, 15) is 4.79 Å². The lowest BCUT2D eigenvalue weighted by Crippen LogP contribution is -2.27. The minimum absolute atomic E-state index is 0.0109. The minimum atomic E-state index is 0.0109. The summed E-state index contributed by atoms with van der Waals surface area (Å²) in [7, 11) is 0. The third-order valence-electron chi connectivity index (χ3n) is 3.82. The van der Waals surface area contributed by atoms with Crippen molar-refractivity contribution in [2.45, 2.75) is 38.6 Å². The molecule has 1 aromatic carbocycles. The summed E-state index contributed by atoms with van der Waals surface area (Å²) >= 11 is 1.62. The molecule has 1 heterocycles. The van der Waals surface area contributed by atoms with Gasteiger partial charge >= 0.3 is 0 Å². The third-order valence-corrected chi connectivity index (χ3v) is 4.72. The van der Waals surface area contributed by atoms with E-state index in [1.54, 1.807) is 11.3 Å². The highest BCUT2D eigenvalue weighted by Crippen LogP contribution is 2.32. The average molecular weight is 286 g/mol. The number of nitrogens with one attached hydrogen (secondary N) is 1. The average Bonchev–Trinajstić information content (AvgIpc) is 3.11. The summed E-state index contributed by atoms with van der Waals surface area (Å²) in [5, 5.41) is 6.08. The van der Waals surface area contributed by atoms with E-state index in [1.165, 1.54) is 11.1 Å². The first-order chi connectivity index (χ1) is 9.78. The molecule has 1 aliphatic carbocycles. The van der Waals surface area contributed by atoms with Crippen LogP contribution in [0.25, 0.3) is 0 Å². The molecule has 2 aromatic rings. The van der Waals surface area contributed by atoms with Gasteiger partial charge in [0.05, 0.1) is 18.2 Å². The van der Waals surface area contributed by atoms with Gasteiger partial charge in [-0.15, -0.1) is 11.3 Å². The Bertz CT molecular complexity index is 620. The number of carbonyl (C=O) groups excluding carboxylic acids is 1. The van der Waals surface area contributed by atoms with Gasteiger partial charge in [-0.05, 0) is 30.4 Å². The van der Waals surface area contributed by atoms with Crippen LogP contribution in [0.15, 0.2) is 29.6 Å². The molecule has 0 bridgehead atoms. The summed E-state index contributed by atoms with van der Waals surface area (Å²) < 4.78 is 0. The first-order valence-electron chi connectivity index (χ1n) is 7.06. The number of rotatable bonds is 4. The maximum atomic E-state index is 12.3. The molecule has 20 heavy (non-hydrogen) atoms. The van der Waals surface area contributed by atoms with Crippen LogP contribution in [0, 0.1) is 0 Å². The molecule has 0 saturated carbocycles. The topological polar surface area (TPSA) is 42.0 Å². The summed E-state index contributed by atoms with van der Waals surface area (Å²) in [6.07, 6.45) is 2.87. The molecule has 1 aliphatic rings. The molecule has 104 valence electrons. The number of thiazole rings is 1. The number of amides is 1. The molecule has 3 rings (SSSR count). The summed E-state index contributed by atoms with van der Waals surface area (Å²) in [4.78, 5) is 16.8. The molecule has 1 N–H and O–H groups in total. The standard InChI is InChI=1S/C16H18N2OS/c1-2-12-10-20-15(18-12)9-17-16(19)14-8-7-11-5-3-4-6-13(11)14/h3-6,10,14H,2,7-9H2,1H3,(H,17,19)/t14-/m0/s1. The second kappa shape index (κ2) is 5.75. The number of hydrogen-bond donors (Lipinski definition) is 1. The van der Waals surface area contributed by atoms with Gasteiger partial charge < -0.3 is 5.32 Å². The molecule has 0 radical (unpaired) electrons. The number of benzene rings is 1. The van der Waals surface area contributed by atoms with Crippen molar-refractivity contribution in [3.63, 3.8) is 0 Å². The fourth-order valence-corrected chi connectivity index (χ4v) is 3.52. The van der Waals surface area contributed by atoms with E-state index < -0.39 is 0 Å². The lowest BCUT2D eigenvalue weighted by molar-refractivity contribution is -0.122. The first kappa shape index (κ1) is 13.3. The zero-order valence-electron chi connectivity index (χ0n) is 11.6.